The molecule has 0 aliphatic heterocycles. The minimum absolute atomic E-state index is 0.123. The largest absolute Gasteiger partial charge is 0.523 e. The standard InChI is InChI=1S/C5H6N2O2Si/c8-5(9-10)4-6-2-1-3-7-4/h1-3H,10H3. The number of carbonyl (C=O) groups excluding carboxylic acids is 1. The van der Waals surface area contributed by atoms with Crippen LogP contribution in [0.4, 0.5) is 0 Å². The SMILES string of the molecule is O=C(O[SiH3])c1ncccn1. The molecule has 0 saturated heterocycles. The molecule has 0 bridgehead atoms. The Morgan fingerprint density at radius 3 is 2.60 bits per heavy atom. The number of hydrogen-bond acceptors (Lipinski definition) is 4. The van der Waals surface area contributed by atoms with Gasteiger partial charge in [-0.05, 0) is 6.07 Å². The topological polar surface area (TPSA) is 52.1 Å². The molecule has 1 rings (SSSR count). The van der Waals surface area contributed by atoms with Gasteiger partial charge in [0.05, 0.1) is 0 Å². The predicted molar refractivity (Wildman–Crippen MR) is 37.4 cm³/mol. The van der Waals surface area contributed by atoms with E-state index in [-0.39, 0.29) is 5.82 Å². The number of carbonyl (C=O) groups is 1. The maximum absolute atomic E-state index is 10.7. The van der Waals surface area contributed by atoms with Gasteiger partial charge in [-0.15, -0.1) is 0 Å². The van der Waals surface area contributed by atoms with E-state index in [2.05, 4.69) is 14.4 Å². The van der Waals surface area contributed by atoms with E-state index in [9.17, 15) is 4.79 Å². The van der Waals surface area contributed by atoms with E-state index >= 15 is 0 Å². The quantitative estimate of drug-likeness (QED) is 0.482. The molecule has 0 fully saturated rings. The molecule has 1 aromatic rings. The number of nitrogens with zero attached hydrogens (tertiary/aromatic N) is 2. The van der Waals surface area contributed by atoms with E-state index < -0.39 is 5.97 Å². The Labute approximate surface area is 60.8 Å². The molecule has 0 saturated carbocycles. The van der Waals surface area contributed by atoms with Crippen molar-refractivity contribution in [3.05, 3.63) is 24.3 Å². The summed E-state index contributed by atoms with van der Waals surface area (Å²) >= 11 is 0. The molecule has 0 aliphatic rings. The lowest BCUT2D eigenvalue weighted by molar-refractivity contribution is 0.0737. The molecule has 0 radical (unpaired) electrons. The fourth-order valence-corrected chi connectivity index (χ4v) is 0.678. The van der Waals surface area contributed by atoms with Crippen LogP contribution in [-0.4, -0.2) is 26.4 Å². The lowest BCUT2D eigenvalue weighted by Crippen LogP contribution is -2.06. The van der Waals surface area contributed by atoms with Crippen LogP contribution in [0.25, 0.3) is 0 Å². The number of rotatable bonds is 1. The second-order valence-corrected chi connectivity index (χ2v) is 1.97. The van der Waals surface area contributed by atoms with Gasteiger partial charge < -0.3 is 4.43 Å². The van der Waals surface area contributed by atoms with Gasteiger partial charge in [0.2, 0.25) is 16.3 Å². The molecule has 5 heteroatoms. The smallest absolute Gasteiger partial charge is 0.362 e. The highest BCUT2D eigenvalue weighted by molar-refractivity contribution is 6.08. The van der Waals surface area contributed by atoms with Crippen LogP contribution in [0.15, 0.2) is 18.5 Å². The molecule has 0 N–H and O–H groups in total. The fraction of sp³-hybridized carbons (Fsp3) is 0. The predicted octanol–water partition coefficient (Wildman–Crippen LogP) is -1.09. The third kappa shape index (κ3) is 1.38. The van der Waals surface area contributed by atoms with Gasteiger partial charge in [0.25, 0.3) is 0 Å². The summed E-state index contributed by atoms with van der Waals surface area (Å²) in [5.74, 6) is -0.329. The maximum Gasteiger partial charge on any atom is 0.362 e. The van der Waals surface area contributed by atoms with E-state index in [0.29, 0.717) is 10.5 Å². The van der Waals surface area contributed by atoms with Crippen LogP contribution >= 0.6 is 0 Å². The third-order valence-corrected chi connectivity index (χ3v) is 1.30. The van der Waals surface area contributed by atoms with Crippen molar-refractivity contribution in [1.29, 1.82) is 0 Å². The number of hydrogen-bond donors (Lipinski definition) is 0. The van der Waals surface area contributed by atoms with Crippen LogP contribution in [0.2, 0.25) is 0 Å². The maximum atomic E-state index is 10.7. The van der Waals surface area contributed by atoms with E-state index in [4.69, 9.17) is 0 Å². The molecular formula is C5H6N2O2Si. The average molecular weight is 154 g/mol. The zero-order valence-corrected chi connectivity index (χ0v) is 7.44. The van der Waals surface area contributed by atoms with Crippen molar-refractivity contribution in [2.24, 2.45) is 0 Å². The first-order valence-corrected chi connectivity index (χ1v) is 3.51. The lowest BCUT2D eigenvalue weighted by atomic mass is 10.6. The molecule has 1 aromatic heterocycles. The van der Waals surface area contributed by atoms with Crippen molar-refractivity contribution in [3.8, 4) is 0 Å². The summed E-state index contributed by atoms with van der Waals surface area (Å²) in [5.41, 5.74) is 0. The minimum Gasteiger partial charge on any atom is -0.523 e. The van der Waals surface area contributed by atoms with Crippen LogP contribution < -0.4 is 0 Å². The van der Waals surface area contributed by atoms with E-state index in [1.165, 1.54) is 12.4 Å². The van der Waals surface area contributed by atoms with Crippen LogP contribution in [0.3, 0.4) is 0 Å². The Bertz CT molecular complexity index is 226. The van der Waals surface area contributed by atoms with E-state index in [0.717, 1.165) is 0 Å². The van der Waals surface area contributed by atoms with Crippen molar-refractivity contribution in [1.82, 2.24) is 9.97 Å². The summed E-state index contributed by atoms with van der Waals surface area (Å²) in [6, 6.07) is 1.64. The summed E-state index contributed by atoms with van der Waals surface area (Å²) in [7, 11) is 0.378. The summed E-state index contributed by atoms with van der Waals surface area (Å²) in [6.07, 6.45) is 3.00. The molecule has 1 heterocycles. The van der Waals surface area contributed by atoms with E-state index in [1.807, 2.05) is 0 Å². The Morgan fingerprint density at radius 2 is 2.10 bits per heavy atom. The molecule has 52 valence electrons. The van der Waals surface area contributed by atoms with Crippen molar-refractivity contribution in [2.45, 2.75) is 0 Å². The summed E-state index contributed by atoms with van der Waals surface area (Å²) < 4.78 is 4.51. The minimum atomic E-state index is -0.452. The van der Waals surface area contributed by atoms with Gasteiger partial charge in [-0.3, -0.25) is 0 Å². The molecule has 0 atom stereocenters. The second-order valence-electron chi connectivity index (χ2n) is 1.56. The van der Waals surface area contributed by atoms with Crippen LogP contribution in [0.1, 0.15) is 10.6 Å². The highest BCUT2D eigenvalue weighted by atomic mass is 28.2. The van der Waals surface area contributed by atoms with Gasteiger partial charge >= 0.3 is 5.97 Å². The molecule has 10 heavy (non-hydrogen) atoms. The monoisotopic (exact) mass is 154 g/mol. The van der Waals surface area contributed by atoms with Gasteiger partial charge in [0.1, 0.15) is 0 Å². The molecule has 4 nitrogen and oxygen atoms in total. The number of aromatic nitrogens is 2. The Kier molecular flexibility index (Phi) is 2.11. The van der Waals surface area contributed by atoms with Gasteiger partial charge in [0, 0.05) is 12.4 Å². The first-order valence-electron chi connectivity index (χ1n) is 2.70. The summed E-state index contributed by atoms with van der Waals surface area (Å²) in [6.45, 7) is 0. The Balaban J connectivity index is 2.85. The molecule has 0 aliphatic carbocycles. The fourth-order valence-electron chi connectivity index (χ4n) is 0.496. The molecule has 0 unspecified atom stereocenters. The van der Waals surface area contributed by atoms with Gasteiger partial charge in [-0.1, -0.05) is 0 Å². The van der Waals surface area contributed by atoms with Crippen LogP contribution in [0.5, 0.6) is 0 Å². The normalized spacial score (nSPS) is 9.20. The molecule has 0 spiro atoms. The molecule has 0 amide bonds. The molecular weight excluding hydrogens is 148 g/mol. The zero-order chi connectivity index (χ0) is 7.40. The van der Waals surface area contributed by atoms with Crippen molar-refractivity contribution in [2.75, 3.05) is 0 Å². The Morgan fingerprint density at radius 1 is 1.50 bits per heavy atom. The van der Waals surface area contributed by atoms with Gasteiger partial charge in [-0.2, -0.15) is 0 Å². The molecule has 0 aromatic carbocycles. The van der Waals surface area contributed by atoms with Crippen molar-refractivity contribution >= 4 is 16.5 Å². The zero-order valence-electron chi connectivity index (χ0n) is 5.44. The first-order chi connectivity index (χ1) is 4.84. The van der Waals surface area contributed by atoms with Crippen molar-refractivity contribution in [3.63, 3.8) is 0 Å². The first kappa shape index (κ1) is 6.88. The van der Waals surface area contributed by atoms with Crippen LogP contribution in [0, 0.1) is 0 Å². The van der Waals surface area contributed by atoms with Crippen LogP contribution in [-0.2, 0) is 4.43 Å². The lowest BCUT2D eigenvalue weighted by Gasteiger charge is -1.94. The van der Waals surface area contributed by atoms with Gasteiger partial charge in [-0.25, -0.2) is 14.8 Å². The second kappa shape index (κ2) is 3.07. The Hall–Kier alpha value is -1.23. The van der Waals surface area contributed by atoms with E-state index in [1.54, 1.807) is 6.07 Å². The highest BCUT2D eigenvalue weighted by Crippen LogP contribution is 1.88. The average Bonchev–Trinajstić information content (AvgIpc) is 2.05. The summed E-state index contributed by atoms with van der Waals surface area (Å²) in [4.78, 5) is 18.1. The summed E-state index contributed by atoms with van der Waals surface area (Å²) in [5, 5.41) is 0. The highest BCUT2D eigenvalue weighted by Gasteiger charge is 2.04. The third-order valence-electron chi connectivity index (χ3n) is 0.934. The van der Waals surface area contributed by atoms with Crippen molar-refractivity contribution < 1.29 is 9.22 Å². The van der Waals surface area contributed by atoms with Gasteiger partial charge in [0.15, 0.2) is 0 Å².